The second kappa shape index (κ2) is 3.10. The van der Waals surface area contributed by atoms with Crippen LogP contribution in [0, 0.1) is 5.41 Å². The summed E-state index contributed by atoms with van der Waals surface area (Å²) in [6, 6.07) is 3.79. The van der Waals surface area contributed by atoms with Crippen LogP contribution in [-0.2, 0) is 0 Å². The van der Waals surface area contributed by atoms with Crippen molar-refractivity contribution in [3.05, 3.63) is 23.8 Å². The number of phenolic OH excluding ortho intramolecular Hbond substituents is 2. The van der Waals surface area contributed by atoms with E-state index < -0.39 is 0 Å². The summed E-state index contributed by atoms with van der Waals surface area (Å²) in [5.41, 5.74) is 1.90. The molecule has 0 amide bonds. The molecule has 0 saturated heterocycles. The third-order valence-electron chi connectivity index (χ3n) is 1.38. The maximum atomic E-state index is 8.99. The van der Waals surface area contributed by atoms with Gasteiger partial charge in [0.15, 0.2) is 11.5 Å². The topological polar surface area (TPSA) is 96.6 Å². The van der Waals surface area contributed by atoms with Crippen LogP contribution in [0.3, 0.4) is 0 Å². The third kappa shape index (κ3) is 1.46. The first-order chi connectivity index (χ1) is 5.65. The molecule has 0 fully saturated rings. The van der Waals surface area contributed by atoms with Crippen LogP contribution in [0.2, 0.25) is 0 Å². The number of hydrogen-bond acceptors (Lipinski definition) is 4. The van der Waals surface area contributed by atoms with Crippen molar-refractivity contribution in [1.82, 2.24) is 5.48 Å². The Balaban J connectivity index is 3.05. The number of rotatable bonds is 1. The van der Waals surface area contributed by atoms with Crippen molar-refractivity contribution < 1.29 is 15.4 Å². The zero-order valence-electron chi connectivity index (χ0n) is 6.07. The first kappa shape index (κ1) is 8.35. The molecular weight excluding hydrogens is 160 g/mol. The van der Waals surface area contributed by atoms with Gasteiger partial charge in [-0.3, -0.25) is 16.1 Å². The molecule has 0 bridgehead atoms. The summed E-state index contributed by atoms with van der Waals surface area (Å²) < 4.78 is 0. The van der Waals surface area contributed by atoms with E-state index >= 15 is 0 Å². The van der Waals surface area contributed by atoms with Gasteiger partial charge in [0.25, 0.3) is 0 Å². The van der Waals surface area contributed by atoms with E-state index in [9.17, 15) is 0 Å². The second-order valence-corrected chi connectivity index (χ2v) is 2.19. The van der Waals surface area contributed by atoms with Crippen LogP contribution in [-0.4, -0.2) is 21.3 Å². The van der Waals surface area contributed by atoms with Crippen LogP contribution in [0.4, 0.5) is 0 Å². The number of hydroxylamine groups is 1. The monoisotopic (exact) mass is 168 g/mol. The van der Waals surface area contributed by atoms with Crippen LogP contribution < -0.4 is 5.48 Å². The summed E-state index contributed by atoms with van der Waals surface area (Å²) in [4.78, 5) is 0. The molecule has 5 N–H and O–H groups in total. The Hall–Kier alpha value is -1.75. The van der Waals surface area contributed by atoms with E-state index in [1.807, 2.05) is 0 Å². The van der Waals surface area contributed by atoms with E-state index in [0.717, 1.165) is 0 Å². The zero-order valence-corrected chi connectivity index (χ0v) is 6.07. The molecule has 0 aromatic heterocycles. The number of amidine groups is 1. The van der Waals surface area contributed by atoms with Gasteiger partial charge in [-0.05, 0) is 18.2 Å². The van der Waals surface area contributed by atoms with E-state index in [0.29, 0.717) is 0 Å². The van der Waals surface area contributed by atoms with Gasteiger partial charge < -0.3 is 10.2 Å². The summed E-state index contributed by atoms with van der Waals surface area (Å²) in [6.45, 7) is 0. The van der Waals surface area contributed by atoms with E-state index in [-0.39, 0.29) is 22.9 Å². The largest absolute Gasteiger partial charge is 0.504 e. The highest BCUT2D eigenvalue weighted by Crippen LogP contribution is 2.24. The average Bonchev–Trinajstić information content (AvgIpc) is 2.08. The molecule has 1 aromatic carbocycles. The fraction of sp³-hybridized carbons (Fsp3) is 0. The molecule has 1 aromatic rings. The molecule has 12 heavy (non-hydrogen) atoms. The number of benzene rings is 1. The molecule has 0 radical (unpaired) electrons. The minimum Gasteiger partial charge on any atom is -0.504 e. The van der Waals surface area contributed by atoms with Crippen LogP contribution in [0.15, 0.2) is 18.2 Å². The van der Waals surface area contributed by atoms with Crippen molar-refractivity contribution in [1.29, 1.82) is 5.41 Å². The SMILES string of the molecule is N=C(NO)c1ccc(O)c(O)c1. The van der Waals surface area contributed by atoms with E-state index in [1.165, 1.54) is 18.2 Å². The summed E-state index contributed by atoms with van der Waals surface area (Å²) in [7, 11) is 0. The summed E-state index contributed by atoms with van der Waals surface area (Å²) in [5, 5.41) is 33.3. The molecular formula is C7H8N2O3. The number of hydrogen-bond donors (Lipinski definition) is 5. The van der Waals surface area contributed by atoms with Crippen LogP contribution in [0.25, 0.3) is 0 Å². The van der Waals surface area contributed by atoms with Crippen molar-refractivity contribution in [3.63, 3.8) is 0 Å². The third-order valence-corrected chi connectivity index (χ3v) is 1.38. The smallest absolute Gasteiger partial charge is 0.158 e. The van der Waals surface area contributed by atoms with Crippen molar-refractivity contribution in [2.24, 2.45) is 0 Å². The van der Waals surface area contributed by atoms with Crippen molar-refractivity contribution >= 4 is 5.84 Å². The molecule has 0 saturated carbocycles. The number of phenols is 2. The lowest BCUT2D eigenvalue weighted by Gasteiger charge is -2.02. The summed E-state index contributed by atoms with van der Waals surface area (Å²) in [6.07, 6.45) is 0. The van der Waals surface area contributed by atoms with Crippen LogP contribution >= 0.6 is 0 Å². The maximum Gasteiger partial charge on any atom is 0.158 e. The summed E-state index contributed by atoms with van der Waals surface area (Å²) in [5.74, 6) is -0.831. The van der Waals surface area contributed by atoms with Gasteiger partial charge in [0.2, 0.25) is 0 Å². The molecule has 5 nitrogen and oxygen atoms in total. The van der Waals surface area contributed by atoms with Gasteiger partial charge in [-0.2, -0.15) is 0 Å². The Morgan fingerprint density at radius 2 is 1.92 bits per heavy atom. The first-order valence-electron chi connectivity index (χ1n) is 3.16. The van der Waals surface area contributed by atoms with E-state index in [2.05, 4.69) is 0 Å². The molecule has 0 aliphatic heterocycles. The maximum absolute atomic E-state index is 8.99. The average molecular weight is 168 g/mol. The van der Waals surface area contributed by atoms with Crippen LogP contribution in [0.1, 0.15) is 5.56 Å². The number of nitrogens with one attached hydrogen (secondary N) is 2. The van der Waals surface area contributed by atoms with Crippen molar-refractivity contribution in [3.8, 4) is 11.5 Å². The quantitative estimate of drug-likeness (QED) is 0.181. The Morgan fingerprint density at radius 3 is 2.42 bits per heavy atom. The zero-order chi connectivity index (χ0) is 9.14. The lowest BCUT2D eigenvalue weighted by Crippen LogP contribution is -2.18. The van der Waals surface area contributed by atoms with Crippen LogP contribution in [0.5, 0.6) is 11.5 Å². The molecule has 0 unspecified atom stereocenters. The molecule has 0 spiro atoms. The minimum absolute atomic E-state index is 0.245. The predicted molar refractivity (Wildman–Crippen MR) is 41.5 cm³/mol. The highest BCUT2D eigenvalue weighted by molar-refractivity contribution is 5.96. The Morgan fingerprint density at radius 1 is 1.25 bits per heavy atom. The van der Waals surface area contributed by atoms with Gasteiger partial charge >= 0.3 is 0 Å². The molecule has 0 aliphatic carbocycles. The molecule has 0 heterocycles. The molecule has 64 valence electrons. The van der Waals surface area contributed by atoms with Gasteiger partial charge in [0.05, 0.1) is 0 Å². The summed E-state index contributed by atoms with van der Waals surface area (Å²) >= 11 is 0. The second-order valence-electron chi connectivity index (χ2n) is 2.19. The lowest BCUT2D eigenvalue weighted by atomic mass is 10.2. The van der Waals surface area contributed by atoms with E-state index in [4.69, 9.17) is 20.8 Å². The Bertz CT molecular complexity index is 312. The number of aromatic hydroxyl groups is 2. The first-order valence-corrected chi connectivity index (χ1v) is 3.16. The van der Waals surface area contributed by atoms with Gasteiger partial charge in [-0.25, -0.2) is 0 Å². The fourth-order valence-electron chi connectivity index (χ4n) is 0.743. The van der Waals surface area contributed by atoms with Gasteiger partial charge in [-0.15, -0.1) is 0 Å². The molecule has 0 aliphatic rings. The standard InChI is InChI=1S/C7H8N2O3/c8-7(9-12)4-1-2-5(10)6(11)3-4/h1-3,10-12H,(H2,8,9). The minimum atomic E-state index is -0.326. The van der Waals surface area contributed by atoms with E-state index in [1.54, 1.807) is 5.48 Å². The lowest BCUT2D eigenvalue weighted by molar-refractivity contribution is 0.234. The van der Waals surface area contributed by atoms with Crippen molar-refractivity contribution in [2.75, 3.05) is 0 Å². The molecule has 1 rings (SSSR count). The highest BCUT2D eigenvalue weighted by Gasteiger charge is 2.03. The van der Waals surface area contributed by atoms with Gasteiger partial charge in [0, 0.05) is 5.56 Å². The predicted octanol–water partition coefficient (Wildman–Crippen LogP) is 0.402. The normalized spacial score (nSPS) is 9.42. The Labute approximate surface area is 68.4 Å². The Kier molecular flexibility index (Phi) is 2.16. The highest BCUT2D eigenvalue weighted by atomic mass is 16.5. The molecule has 0 atom stereocenters. The van der Waals surface area contributed by atoms with Crippen molar-refractivity contribution in [2.45, 2.75) is 0 Å². The van der Waals surface area contributed by atoms with Gasteiger partial charge in [0.1, 0.15) is 5.84 Å². The fourth-order valence-corrected chi connectivity index (χ4v) is 0.743. The molecule has 5 heteroatoms. The van der Waals surface area contributed by atoms with Gasteiger partial charge in [-0.1, -0.05) is 0 Å².